The number of aliphatic hydroxyl groups excluding tert-OH is 1. The van der Waals surface area contributed by atoms with E-state index in [1.165, 1.54) is 25.3 Å². The van der Waals surface area contributed by atoms with E-state index in [4.69, 9.17) is 9.84 Å². The van der Waals surface area contributed by atoms with Crippen molar-refractivity contribution >= 4 is 5.91 Å². The number of benzene rings is 1. The first-order valence-corrected chi connectivity index (χ1v) is 6.05. The highest BCUT2D eigenvalue weighted by Gasteiger charge is 2.16. The number of aliphatic hydroxyl groups is 1. The molecule has 0 fully saturated rings. The van der Waals surface area contributed by atoms with Crippen LogP contribution in [0, 0.1) is 5.82 Å². The van der Waals surface area contributed by atoms with E-state index in [1.807, 2.05) is 0 Å². The van der Waals surface area contributed by atoms with Gasteiger partial charge in [0.1, 0.15) is 17.1 Å². The molecule has 0 aliphatic carbocycles. The SMILES string of the molecule is COc1cccc(F)c1C(=O)NCCNCC(C)O. The van der Waals surface area contributed by atoms with Crippen molar-refractivity contribution in [3.63, 3.8) is 0 Å². The molecule has 106 valence electrons. The lowest BCUT2D eigenvalue weighted by molar-refractivity contribution is 0.0946. The average molecular weight is 270 g/mol. The third kappa shape index (κ3) is 4.84. The number of rotatable bonds is 7. The highest BCUT2D eigenvalue weighted by atomic mass is 19.1. The minimum absolute atomic E-state index is 0.0967. The Morgan fingerprint density at radius 2 is 2.21 bits per heavy atom. The molecule has 6 heteroatoms. The third-order valence-electron chi connectivity index (χ3n) is 2.45. The Morgan fingerprint density at radius 3 is 2.84 bits per heavy atom. The molecular weight excluding hydrogens is 251 g/mol. The summed E-state index contributed by atoms with van der Waals surface area (Å²) in [6.45, 7) is 2.94. The molecule has 0 saturated carbocycles. The van der Waals surface area contributed by atoms with Crippen LogP contribution in [0.3, 0.4) is 0 Å². The summed E-state index contributed by atoms with van der Waals surface area (Å²) in [6, 6.07) is 4.22. The molecule has 3 N–H and O–H groups in total. The molecule has 0 aromatic heterocycles. The summed E-state index contributed by atoms with van der Waals surface area (Å²) in [6.07, 6.45) is -0.442. The zero-order chi connectivity index (χ0) is 14.3. The smallest absolute Gasteiger partial charge is 0.258 e. The largest absolute Gasteiger partial charge is 0.496 e. The van der Waals surface area contributed by atoms with Crippen LogP contribution in [0.1, 0.15) is 17.3 Å². The van der Waals surface area contributed by atoms with Crippen molar-refractivity contribution in [3.8, 4) is 5.75 Å². The summed E-state index contributed by atoms with van der Waals surface area (Å²) < 4.78 is 18.5. The van der Waals surface area contributed by atoms with Crippen LogP contribution < -0.4 is 15.4 Å². The first-order chi connectivity index (χ1) is 9.06. The van der Waals surface area contributed by atoms with E-state index in [0.717, 1.165) is 0 Å². The topological polar surface area (TPSA) is 70.6 Å². The van der Waals surface area contributed by atoms with Crippen LogP contribution in [-0.4, -0.2) is 43.9 Å². The molecule has 0 spiro atoms. The number of hydrogen-bond donors (Lipinski definition) is 3. The van der Waals surface area contributed by atoms with Crippen molar-refractivity contribution in [2.75, 3.05) is 26.7 Å². The van der Waals surface area contributed by atoms with Crippen LogP contribution in [0.15, 0.2) is 18.2 Å². The number of amides is 1. The molecule has 1 aromatic rings. The van der Waals surface area contributed by atoms with Crippen LogP contribution in [0.5, 0.6) is 5.75 Å². The highest BCUT2D eigenvalue weighted by molar-refractivity contribution is 5.97. The Kier molecular flexibility index (Phi) is 6.24. The van der Waals surface area contributed by atoms with Crippen LogP contribution in [0.25, 0.3) is 0 Å². The summed E-state index contributed by atoms with van der Waals surface area (Å²) in [4.78, 5) is 11.8. The second kappa shape index (κ2) is 7.70. The van der Waals surface area contributed by atoms with Gasteiger partial charge in [0, 0.05) is 19.6 Å². The number of halogens is 1. The lowest BCUT2D eigenvalue weighted by Crippen LogP contribution is -2.35. The van der Waals surface area contributed by atoms with Gasteiger partial charge in [0.15, 0.2) is 0 Å². The predicted octanol–water partition coefficient (Wildman–Crippen LogP) is 0.534. The number of carbonyl (C=O) groups excluding carboxylic acids is 1. The van der Waals surface area contributed by atoms with Crippen molar-refractivity contribution in [1.82, 2.24) is 10.6 Å². The minimum Gasteiger partial charge on any atom is -0.496 e. The number of ether oxygens (including phenoxy) is 1. The lowest BCUT2D eigenvalue weighted by atomic mass is 10.1. The maximum atomic E-state index is 13.6. The molecule has 0 heterocycles. The van der Waals surface area contributed by atoms with Crippen molar-refractivity contribution in [2.45, 2.75) is 13.0 Å². The fourth-order valence-electron chi connectivity index (χ4n) is 1.56. The van der Waals surface area contributed by atoms with Crippen LogP contribution in [0.4, 0.5) is 4.39 Å². The quantitative estimate of drug-likeness (QED) is 0.632. The molecule has 1 aromatic carbocycles. The number of carbonyl (C=O) groups is 1. The van der Waals surface area contributed by atoms with Crippen LogP contribution in [0.2, 0.25) is 0 Å². The van der Waals surface area contributed by atoms with Gasteiger partial charge in [-0.1, -0.05) is 6.07 Å². The zero-order valence-electron chi connectivity index (χ0n) is 11.1. The van der Waals surface area contributed by atoms with Gasteiger partial charge in [0.05, 0.1) is 13.2 Å². The van der Waals surface area contributed by atoms with E-state index in [2.05, 4.69) is 10.6 Å². The molecule has 0 aliphatic rings. The van der Waals surface area contributed by atoms with E-state index in [0.29, 0.717) is 19.6 Å². The van der Waals surface area contributed by atoms with Gasteiger partial charge in [-0.3, -0.25) is 4.79 Å². The van der Waals surface area contributed by atoms with Crippen molar-refractivity contribution in [2.24, 2.45) is 0 Å². The number of nitrogens with one attached hydrogen (secondary N) is 2. The molecule has 0 bridgehead atoms. The van der Waals surface area contributed by atoms with Gasteiger partial charge in [-0.2, -0.15) is 0 Å². The normalized spacial score (nSPS) is 12.0. The molecule has 1 amide bonds. The fraction of sp³-hybridized carbons (Fsp3) is 0.462. The Morgan fingerprint density at radius 1 is 1.47 bits per heavy atom. The monoisotopic (exact) mass is 270 g/mol. The van der Waals surface area contributed by atoms with Gasteiger partial charge >= 0.3 is 0 Å². The Bertz CT molecular complexity index is 424. The standard InChI is InChI=1S/C13H19FN2O3/c1-9(17)8-15-6-7-16-13(18)12-10(14)4-3-5-11(12)19-2/h3-5,9,15,17H,6-8H2,1-2H3,(H,16,18). The van der Waals surface area contributed by atoms with Crippen LogP contribution >= 0.6 is 0 Å². The Balaban J connectivity index is 2.50. The lowest BCUT2D eigenvalue weighted by Gasteiger charge is -2.11. The van der Waals surface area contributed by atoms with Gasteiger partial charge in [-0.05, 0) is 19.1 Å². The molecular formula is C13H19FN2O3. The van der Waals surface area contributed by atoms with E-state index in [1.54, 1.807) is 6.92 Å². The van der Waals surface area contributed by atoms with E-state index in [9.17, 15) is 9.18 Å². The Labute approximate surface area is 111 Å². The van der Waals surface area contributed by atoms with Gasteiger partial charge in [-0.15, -0.1) is 0 Å². The molecule has 19 heavy (non-hydrogen) atoms. The van der Waals surface area contributed by atoms with Gasteiger partial charge < -0.3 is 20.5 Å². The van der Waals surface area contributed by atoms with E-state index < -0.39 is 17.8 Å². The molecule has 1 unspecified atom stereocenters. The predicted molar refractivity (Wildman–Crippen MR) is 69.8 cm³/mol. The maximum absolute atomic E-state index is 13.6. The van der Waals surface area contributed by atoms with Gasteiger partial charge in [-0.25, -0.2) is 4.39 Å². The third-order valence-corrected chi connectivity index (χ3v) is 2.45. The molecule has 1 rings (SSSR count). The molecule has 0 saturated heterocycles. The summed E-state index contributed by atoms with van der Waals surface area (Å²) in [7, 11) is 1.38. The summed E-state index contributed by atoms with van der Waals surface area (Å²) in [5.74, 6) is -0.933. The van der Waals surface area contributed by atoms with Crippen molar-refractivity contribution < 1.29 is 19.0 Å². The average Bonchev–Trinajstić information content (AvgIpc) is 2.37. The number of hydrogen-bond acceptors (Lipinski definition) is 4. The van der Waals surface area contributed by atoms with Crippen molar-refractivity contribution in [3.05, 3.63) is 29.6 Å². The molecule has 1 atom stereocenters. The minimum atomic E-state index is -0.617. The summed E-state index contributed by atoms with van der Waals surface area (Å²) in [5.41, 5.74) is -0.0967. The van der Waals surface area contributed by atoms with Crippen molar-refractivity contribution in [1.29, 1.82) is 0 Å². The number of methoxy groups -OCH3 is 1. The first-order valence-electron chi connectivity index (χ1n) is 6.05. The molecule has 0 aliphatic heterocycles. The van der Waals surface area contributed by atoms with E-state index in [-0.39, 0.29) is 11.3 Å². The highest BCUT2D eigenvalue weighted by Crippen LogP contribution is 2.20. The summed E-state index contributed by atoms with van der Waals surface area (Å²) in [5, 5.41) is 14.6. The second-order valence-electron chi connectivity index (χ2n) is 4.13. The molecule has 5 nitrogen and oxygen atoms in total. The fourth-order valence-corrected chi connectivity index (χ4v) is 1.56. The zero-order valence-corrected chi connectivity index (χ0v) is 11.1. The molecule has 0 radical (unpaired) electrons. The summed E-state index contributed by atoms with van der Waals surface area (Å²) >= 11 is 0. The second-order valence-corrected chi connectivity index (χ2v) is 4.13. The van der Waals surface area contributed by atoms with Gasteiger partial charge in [0.25, 0.3) is 5.91 Å². The Hall–Kier alpha value is -1.66. The van der Waals surface area contributed by atoms with Gasteiger partial charge in [0.2, 0.25) is 0 Å². The maximum Gasteiger partial charge on any atom is 0.258 e. The van der Waals surface area contributed by atoms with Crippen LogP contribution in [-0.2, 0) is 0 Å². The van der Waals surface area contributed by atoms with E-state index >= 15 is 0 Å². The first kappa shape index (κ1) is 15.4.